The van der Waals surface area contributed by atoms with Gasteiger partial charge in [-0.2, -0.15) is 0 Å². The first-order chi connectivity index (χ1) is 4.92. The third kappa shape index (κ3) is 0.878. The van der Waals surface area contributed by atoms with Crippen LogP contribution in [-0.2, 0) is 0 Å². The van der Waals surface area contributed by atoms with Crippen LogP contribution in [0.4, 0.5) is 0 Å². The summed E-state index contributed by atoms with van der Waals surface area (Å²) in [5.41, 5.74) is 0. The van der Waals surface area contributed by atoms with Crippen LogP contribution in [0.15, 0.2) is 0 Å². The zero-order valence-corrected chi connectivity index (χ0v) is 6.77. The van der Waals surface area contributed by atoms with Crippen LogP contribution in [0.5, 0.6) is 0 Å². The van der Waals surface area contributed by atoms with Gasteiger partial charge in [0.2, 0.25) is 0 Å². The van der Waals surface area contributed by atoms with Gasteiger partial charge < -0.3 is 5.32 Å². The Morgan fingerprint density at radius 2 is 2.40 bits per heavy atom. The van der Waals surface area contributed by atoms with Crippen molar-refractivity contribution < 1.29 is 1.43 Å². The predicted molar refractivity (Wildman–Crippen MR) is 45.0 cm³/mol. The van der Waals surface area contributed by atoms with E-state index in [1.807, 2.05) is 0 Å². The van der Waals surface area contributed by atoms with Crippen LogP contribution < -0.4 is 5.32 Å². The van der Waals surface area contributed by atoms with Gasteiger partial charge in [-0.25, -0.2) is 0 Å². The molecule has 0 spiro atoms. The van der Waals surface area contributed by atoms with E-state index >= 15 is 0 Å². The Balaban J connectivity index is 0.000000605. The summed E-state index contributed by atoms with van der Waals surface area (Å²) < 4.78 is 0. The Labute approximate surface area is 64.7 Å². The molecule has 2 saturated carbocycles. The maximum absolute atomic E-state index is 3.44. The molecule has 2 aliphatic rings. The van der Waals surface area contributed by atoms with Gasteiger partial charge >= 0.3 is 0 Å². The molecule has 0 heterocycles. The smallest absolute Gasteiger partial charge is 0 e. The summed E-state index contributed by atoms with van der Waals surface area (Å²) in [4.78, 5) is 0. The molecule has 0 saturated heterocycles. The quantitative estimate of drug-likeness (QED) is 0.633. The molecule has 0 radical (unpaired) electrons. The fourth-order valence-electron chi connectivity index (χ4n) is 2.44. The lowest BCUT2D eigenvalue weighted by Crippen LogP contribution is -2.48. The molecule has 0 aromatic heterocycles. The summed E-state index contributed by atoms with van der Waals surface area (Å²) in [6, 6.07) is 0. The summed E-state index contributed by atoms with van der Waals surface area (Å²) in [6.07, 6.45) is 4.59. The van der Waals surface area contributed by atoms with Crippen molar-refractivity contribution in [3.63, 3.8) is 0 Å². The minimum absolute atomic E-state index is 0. The molecule has 0 aromatic rings. The standard InChI is InChI=1S/C9H17N.H2/c1-2-10-6-8-5-7-3-4-9(7)8;/h7-10H,2-6H2,1H3;1H. The van der Waals surface area contributed by atoms with Gasteiger partial charge in [-0.05, 0) is 50.1 Å². The second kappa shape index (κ2) is 2.54. The van der Waals surface area contributed by atoms with Crippen LogP contribution in [0.3, 0.4) is 0 Å². The highest BCUT2D eigenvalue weighted by atomic mass is 14.9. The van der Waals surface area contributed by atoms with Crippen molar-refractivity contribution >= 4 is 0 Å². The van der Waals surface area contributed by atoms with Crippen LogP contribution in [0, 0.1) is 17.8 Å². The molecular formula is C9H19N. The molecule has 10 heavy (non-hydrogen) atoms. The van der Waals surface area contributed by atoms with E-state index in [-0.39, 0.29) is 1.43 Å². The van der Waals surface area contributed by atoms with Gasteiger partial charge in [0.1, 0.15) is 0 Å². The molecule has 1 N–H and O–H groups in total. The van der Waals surface area contributed by atoms with E-state index in [9.17, 15) is 0 Å². The van der Waals surface area contributed by atoms with E-state index < -0.39 is 0 Å². The van der Waals surface area contributed by atoms with Crippen LogP contribution in [0.25, 0.3) is 0 Å². The van der Waals surface area contributed by atoms with Crippen molar-refractivity contribution in [2.75, 3.05) is 13.1 Å². The second-order valence-corrected chi connectivity index (χ2v) is 3.80. The van der Waals surface area contributed by atoms with Gasteiger partial charge in [0.25, 0.3) is 0 Å². The molecule has 0 bridgehead atoms. The van der Waals surface area contributed by atoms with Crippen molar-refractivity contribution in [1.29, 1.82) is 0 Å². The summed E-state index contributed by atoms with van der Waals surface area (Å²) >= 11 is 0. The molecular weight excluding hydrogens is 122 g/mol. The summed E-state index contributed by atoms with van der Waals surface area (Å²) in [7, 11) is 0. The van der Waals surface area contributed by atoms with Crippen molar-refractivity contribution in [2.45, 2.75) is 26.2 Å². The van der Waals surface area contributed by atoms with Gasteiger partial charge in [0.05, 0.1) is 0 Å². The fourth-order valence-corrected chi connectivity index (χ4v) is 2.44. The lowest BCUT2D eigenvalue weighted by Gasteiger charge is -2.53. The number of nitrogens with one attached hydrogen (secondary N) is 1. The molecule has 0 amide bonds. The van der Waals surface area contributed by atoms with Crippen LogP contribution in [-0.4, -0.2) is 13.1 Å². The normalized spacial score (nSPS) is 43.5. The zero-order chi connectivity index (χ0) is 6.97. The van der Waals surface area contributed by atoms with E-state index in [0.29, 0.717) is 0 Å². The van der Waals surface area contributed by atoms with Crippen molar-refractivity contribution in [3.05, 3.63) is 0 Å². The molecule has 60 valence electrons. The lowest BCUT2D eigenvalue weighted by molar-refractivity contribution is -0.0236. The maximum atomic E-state index is 3.44. The number of rotatable bonds is 3. The molecule has 0 aromatic carbocycles. The minimum atomic E-state index is 0. The first-order valence-electron chi connectivity index (χ1n) is 4.62. The summed E-state index contributed by atoms with van der Waals surface area (Å²) in [6.45, 7) is 4.63. The predicted octanol–water partition coefficient (Wildman–Crippen LogP) is 1.89. The number of hydrogen-bond donors (Lipinski definition) is 1. The van der Waals surface area contributed by atoms with E-state index in [1.54, 1.807) is 0 Å². The van der Waals surface area contributed by atoms with Crippen LogP contribution in [0.2, 0.25) is 0 Å². The molecule has 2 aliphatic carbocycles. The zero-order valence-electron chi connectivity index (χ0n) is 6.77. The highest BCUT2D eigenvalue weighted by molar-refractivity contribution is 4.97. The minimum Gasteiger partial charge on any atom is -0.317 e. The average molecular weight is 141 g/mol. The molecule has 1 heteroatoms. The van der Waals surface area contributed by atoms with Gasteiger partial charge in [0, 0.05) is 1.43 Å². The average Bonchev–Trinajstić information content (AvgIpc) is 1.92. The molecule has 3 unspecified atom stereocenters. The first-order valence-corrected chi connectivity index (χ1v) is 4.62. The van der Waals surface area contributed by atoms with Gasteiger partial charge in [-0.15, -0.1) is 0 Å². The van der Waals surface area contributed by atoms with Crippen LogP contribution >= 0.6 is 0 Å². The molecule has 3 atom stereocenters. The highest BCUT2D eigenvalue weighted by Gasteiger charge is 2.46. The fraction of sp³-hybridized carbons (Fsp3) is 1.00. The Bertz CT molecular complexity index is 127. The van der Waals surface area contributed by atoms with Crippen molar-refractivity contribution in [3.8, 4) is 0 Å². The summed E-state index contributed by atoms with van der Waals surface area (Å²) in [5, 5.41) is 3.44. The number of hydrogen-bond acceptors (Lipinski definition) is 1. The Kier molecular flexibility index (Phi) is 1.69. The largest absolute Gasteiger partial charge is 0.317 e. The van der Waals surface area contributed by atoms with Crippen molar-refractivity contribution in [1.82, 2.24) is 5.32 Å². The van der Waals surface area contributed by atoms with Crippen LogP contribution in [0.1, 0.15) is 27.6 Å². The SMILES string of the molecule is CCNCC1CC2CCC21.[HH]. The van der Waals surface area contributed by atoms with Gasteiger partial charge in [-0.1, -0.05) is 6.92 Å². The topological polar surface area (TPSA) is 12.0 Å². The third-order valence-electron chi connectivity index (χ3n) is 3.34. The Morgan fingerprint density at radius 3 is 2.80 bits per heavy atom. The molecule has 2 rings (SSSR count). The van der Waals surface area contributed by atoms with E-state index in [0.717, 1.165) is 24.3 Å². The van der Waals surface area contributed by atoms with Gasteiger partial charge in [0.15, 0.2) is 0 Å². The van der Waals surface area contributed by atoms with Crippen molar-refractivity contribution in [2.24, 2.45) is 17.8 Å². The maximum Gasteiger partial charge on any atom is 0 e. The second-order valence-electron chi connectivity index (χ2n) is 3.80. The van der Waals surface area contributed by atoms with E-state index in [2.05, 4.69) is 12.2 Å². The third-order valence-corrected chi connectivity index (χ3v) is 3.34. The highest BCUT2D eigenvalue weighted by Crippen LogP contribution is 2.53. The molecule has 0 aliphatic heterocycles. The Morgan fingerprint density at radius 1 is 1.50 bits per heavy atom. The molecule has 1 nitrogen and oxygen atoms in total. The molecule has 2 fully saturated rings. The number of fused-ring (bicyclic) bond motifs is 1. The van der Waals surface area contributed by atoms with E-state index in [1.165, 1.54) is 25.8 Å². The van der Waals surface area contributed by atoms with E-state index in [4.69, 9.17) is 0 Å². The monoisotopic (exact) mass is 141 g/mol. The first kappa shape index (κ1) is 6.66. The summed E-state index contributed by atoms with van der Waals surface area (Å²) in [5.74, 6) is 3.35. The lowest BCUT2D eigenvalue weighted by atomic mass is 9.53. The van der Waals surface area contributed by atoms with Gasteiger partial charge in [-0.3, -0.25) is 0 Å². The Hall–Kier alpha value is -0.0400.